The number of hydrogen-bond donors (Lipinski definition) is 1. The number of sulfonamides is 1. The molecule has 22 heavy (non-hydrogen) atoms. The predicted molar refractivity (Wildman–Crippen MR) is 84.1 cm³/mol. The van der Waals surface area contributed by atoms with Crippen LogP contribution in [0, 0.1) is 5.82 Å². The molecule has 0 atom stereocenters. The first-order chi connectivity index (χ1) is 10.5. The standard InChI is InChI=1S/C16H19FN2O2S/c17-15-8-4-9-16(12-15)22(20,21)19(11-5-10-18)13-14-6-2-1-3-7-14/h1-4,6-9,12H,5,10-11,13,18H2. The van der Waals surface area contributed by atoms with Crippen molar-refractivity contribution in [3.8, 4) is 0 Å². The quantitative estimate of drug-likeness (QED) is 0.851. The molecular formula is C16H19FN2O2S. The molecule has 0 saturated heterocycles. The lowest BCUT2D eigenvalue weighted by molar-refractivity contribution is 0.401. The van der Waals surface area contributed by atoms with Crippen molar-refractivity contribution in [2.24, 2.45) is 5.73 Å². The van der Waals surface area contributed by atoms with Crippen LogP contribution in [-0.4, -0.2) is 25.8 Å². The fraction of sp³-hybridized carbons (Fsp3) is 0.250. The van der Waals surface area contributed by atoms with E-state index in [0.29, 0.717) is 19.5 Å². The zero-order valence-corrected chi connectivity index (χ0v) is 13.0. The topological polar surface area (TPSA) is 63.4 Å². The molecule has 0 amide bonds. The van der Waals surface area contributed by atoms with Crippen molar-refractivity contribution < 1.29 is 12.8 Å². The molecule has 0 saturated carbocycles. The van der Waals surface area contributed by atoms with E-state index in [1.54, 1.807) is 0 Å². The van der Waals surface area contributed by atoms with Crippen LogP contribution in [0.4, 0.5) is 4.39 Å². The number of hydrogen-bond acceptors (Lipinski definition) is 3. The molecule has 0 fully saturated rings. The molecule has 0 aromatic heterocycles. The minimum Gasteiger partial charge on any atom is -0.330 e. The van der Waals surface area contributed by atoms with Crippen molar-refractivity contribution in [2.45, 2.75) is 17.9 Å². The highest BCUT2D eigenvalue weighted by Gasteiger charge is 2.24. The van der Waals surface area contributed by atoms with Crippen LogP contribution in [-0.2, 0) is 16.6 Å². The first-order valence-electron chi connectivity index (χ1n) is 7.04. The van der Waals surface area contributed by atoms with E-state index in [2.05, 4.69) is 0 Å². The van der Waals surface area contributed by atoms with E-state index in [4.69, 9.17) is 5.73 Å². The smallest absolute Gasteiger partial charge is 0.243 e. The lowest BCUT2D eigenvalue weighted by Crippen LogP contribution is -2.32. The van der Waals surface area contributed by atoms with E-state index in [1.165, 1.54) is 22.5 Å². The molecule has 2 aromatic carbocycles. The Morgan fingerprint density at radius 1 is 1.05 bits per heavy atom. The summed E-state index contributed by atoms with van der Waals surface area (Å²) in [6, 6.07) is 14.3. The molecule has 0 heterocycles. The molecule has 0 unspecified atom stereocenters. The van der Waals surface area contributed by atoms with Crippen molar-refractivity contribution in [1.82, 2.24) is 4.31 Å². The lowest BCUT2D eigenvalue weighted by Gasteiger charge is -2.22. The predicted octanol–water partition coefficient (Wildman–Crippen LogP) is 2.37. The summed E-state index contributed by atoms with van der Waals surface area (Å²) < 4.78 is 40.1. The Hall–Kier alpha value is -1.76. The molecular weight excluding hydrogens is 303 g/mol. The van der Waals surface area contributed by atoms with Gasteiger partial charge in [-0.3, -0.25) is 0 Å². The molecule has 6 heteroatoms. The maximum atomic E-state index is 13.3. The number of benzene rings is 2. The van der Waals surface area contributed by atoms with Gasteiger partial charge < -0.3 is 5.73 Å². The van der Waals surface area contributed by atoms with E-state index in [9.17, 15) is 12.8 Å². The molecule has 118 valence electrons. The van der Waals surface area contributed by atoms with Crippen LogP contribution in [0.25, 0.3) is 0 Å². The van der Waals surface area contributed by atoms with Gasteiger partial charge in [0.2, 0.25) is 10.0 Å². The van der Waals surface area contributed by atoms with E-state index in [1.807, 2.05) is 30.3 Å². The van der Waals surface area contributed by atoms with Gasteiger partial charge in [0, 0.05) is 13.1 Å². The third-order valence-corrected chi connectivity index (χ3v) is 5.09. The van der Waals surface area contributed by atoms with Gasteiger partial charge in [-0.1, -0.05) is 36.4 Å². The van der Waals surface area contributed by atoms with Crippen molar-refractivity contribution in [3.05, 3.63) is 66.0 Å². The molecule has 4 nitrogen and oxygen atoms in total. The van der Waals surface area contributed by atoms with Crippen LogP contribution in [0.2, 0.25) is 0 Å². The number of halogens is 1. The number of nitrogens with zero attached hydrogens (tertiary/aromatic N) is 1. The van der Waals surface area contributed by atoms with Crippen LogP contribution < -0.4 is 5.73 Å². The summed E-state index contributed by atoms with van der Waals surface area (Å²) in [5, 5.41) is 0. The molecule has 0 aliphatic heterocycles. The number of nitrogens with two attached hydrogens (primary N) is 1. The third kappa shape index (κ3) is 4.13. The fourth-order valence-corrected chi connectivity index (χ4v) is 3.61. The van der Waals surface area contributed by atoms with Crippen molar-refractivity contribution in [2.75, 3.05) is 13.1 Å². The van der Waals surface area contributed by atoms with Gasteiger partial charge in [-0.25, -0.2) is 12.8 Å². The van der Waals surface area contributed by atoms with Gasteiger partial charge in [-0.05, 0) is 36.7 Å². The summed E-state index contributed by atoms with van der Waals surface area (Å²) >= 11 is 0. The summed E-state index contributed by atoms with van der Waals surface area (Å²) in [6.07, 6.45) is 0.543. The third-order valence-electron chi connectivity index (χ3n) is 3.25. The molecule has 2 rings (SSSR count). The Bertz CT molecular complexity index is 705. The molecule has 0 radical (unpaired) electrons. The highest BCUT2D eigenvalue weighted by molar-refractivity contribution is 7.89. The summed E-state index contributed by atoms with van der Waals surface area (Å²) in [5.74, 6) is -0.570. The summed E-state index contributed by atoms with van der Waals surface area (Å²) in [5.41, 5.74) is 6.37. The van der Waals surface area contributed by atoms with E-state index >= 15 is 0 Å². The maximum Gasteiger partial charge on any atom is 0.243 e. The van der Waals surface area contributed by atoms with Gasteiger partial charge >= 0.3 is 0 Å². The highest BCUT2D eigenvalue weighted by Crippen LogP contribution is 2.19. The van der Waals surface area contributed by atoms with Gasteiger partial charge in [0.25, 0.3) is 0 Å². The van der Waals surface area contributed by atoms with Crippen molar-refractivity contribution in [3.63, 3.8) is 0 Å². The van der Waals surface area contributed by atoms with Gasteiger partial charge in [0.1, 0.15) is 5.82 Å². The van der Waals surface area contributed by atoms with Crippen LogP contribution in [0.3, 0.4) is 0 Å². The van der Waals surface area contributed by atoms with Gasteiger partial charge in [0.05, 0.1) is 4.90 Å². The second kappa shape index (κ2) is 7.49. The lowest BCUT2D eigenvalue weighted by atomic mass is 10.2. The van der Waals surface area contributed by atoms with Crippen molar-refractivity contribution >= 4 is 10.0 Å². The van der Waals surface area contributed by atoms with E-state index in [0.717, 1.165) is 11.6 Å². The normalized spacial score (nSPS) is 11.8. The molecule has 0 aliphatic carbocycles. The Morgan fingerprint density at radius 3 is 2.41 bits per heavy atom. The monoisotopic (exact) mass is 322 g/mol. The second-order valence-corrected chi connectivity index (χ2v) is 6.86. The van der Waals surface area contributed by atoms with Crippen LogP contribution in [0.15, 0.2) is 59.5 Å². The average molecular weight is 322 g/mol. The molecule has 2 aromatic rings. The van der Waals surface area contributed by atoms with Gasteiger partial charge in [0.15, 0.2) is 0 Å². The van der Waals surface area contributed by atoms with Crippen molar-refractivity contribution in [1.29, 1.82) is 0 Å². The largest absolute Gasteiger partial charge is 0.330 e. The molecule has 0 aliphatic rings. The molecule has 0 bridgehead atoms. The van der Waals surface area contributed by atoms with E-state index in [-0.39, 0.29) is 11.4 Å². The Labute approximate surface area is 130 Å². The minimum atomic E-state index is -3.76. The summed E-state index contributed by atoms with van der Waals surface area (Å²) in [6.45, 7) is 0.924. The van der Waals surface area contributed by atoms with E-state index < -0.39 is 15.8 Å². The highest BCUT2D eigenvalue weighted by atomic mass is 32.2. The number of rotatable bonds is 7. The fourth-order valence-electron chi connectivity index (χ4n) is 2.12. The molecule has 0 spiro atoms. The zero-order chi connectivity index (χ0) is 16.0. The zero-order valence-electron chi connectivity index (χ0n) is 12.2. The van der Waals surface area contributed by atoms with Crippen LogP contribution >= 0.6 is 0 Å². The summed E-state index contributed by atoms with van der Waals surface area (Å²) in [7, 11) is -3.76. The minimum absolute atomic E-state index is 0.0412. The average Bonchev–Trinajstić information content (AvgIpc) is 2.52. The van der Waals surface area contributed by atoms with Gasteiger partial charge in [-0.15, -0.1) is 0 Å². The van der Waals surface area contributed by atoms with Crippen LogP contribution in [0.5, 0.6) is 0 Å². The van der Waals surface area contributed by atoms with Gasteiger partial charge in [-0.2, -0.15) is 4.31 Å². The summed E-state index contributed by atoms with van der Waals surface area (Å²) in [4.78, 5) is -0.0412. The maximum absolute atomic E-state index is 13.3. The molecule has 2 N–H and O–H groups in total. The SMILES string of the molecule is NCCCN(Cc1ccccc1)S(=O)(=O)c1cccc(F)c1. The Balaban J connectivity index is 2.31. The Kier molecular flexibility index (Phi) is 5.65. The van der Waals surface area contributed by atoms with Crippen LogP contribution in [0.1, 0.15) is 12.0 Å². The first kappa shape index (κ1) is 16.6. The Morgan fingerprint density at radius 2 is 1.77 bits per heavy atom. The second-order valence-electron chi connectivity index (χ2n) is 4.92. The first-order valence-corrected chi connectivity index (χ1v) is 8.48.